The second kappa shape index (κ2) is 11.8. The minimum absolute atomic E-state index is 0.110. The molecule has 0 unspecified atom stereocenters. The van der Waals surface area contributed by atoms with Crippen LogP contribution in [-0.2, 0) is 20.7 Å². The lowest BCUT2D eigenvalue weighted by Gasteiger charge is -2.08. The van der Waals surface area contributed by atoms with Crippen molar-refractivity contribution in [3.05, 3.63) is 50.2 Å². The van der Waals surface area contributed by atoms with E-state index in [1.54, 1.807) is 39.0 Å². The van der Waals surface area contributed by atoms with Crippen LogP contribution in [0.25, 0.3) is 6.08 Å². The third-order valence-electron chi connectivity index (χ3n) is 4.62. The van der Waals surface area contributed by atoms with Crippen LogP contribution in [0, 0.1) is 18.3 Å². The van der Waals surface area contributed by atoms with Crippen LogP contribution in [0.2, 0.25) is 0 Å². The van der Waals surface area contributed by atoms with E-state index in [0.29, 0.717) is 27.5 Å². The van der Waals surface area contributed by atoms with Crippen molar-refractivity contribution in [1.29, 1.82) is 5.26 Å². The van der Waals surface area contributed by atoms with Crippen LogP contribution in [0.3, 0.4) is 0 Å². The molecule has 33 heavy (non-hydrogen) atoms. The highest BCUT2D eigenvalue weighted by Crippen LogP contribution is 2.32. The Labute approximate surface area is 196 Å². The second-order valence-corrected chi connectivity index (χ2v) is 7.78. The molecule has 174 valence electrons. The minimum atomic E-state index is -0.632. The van der Waals surface area contributed by atoms with E-state index in [9.17, 15) is 19.6 Å². The monoisotopic (exact) mass is 471 g/mol. The molecule has 2 rings (SSSR count). The maximum atomic E-state index is 13.0. The molecule has 0 saturated heterocycles. The fourth-order valence-electron chi connectivity index (χ4n) is 3.08. The maximum Gasteiger partial charge on any atom is 0.348 e. The third-order valence-corrected chi connectivity index (χ3v) is 5.89. The first-order valence-corrected chi connectivity index (χ1v) is 11.0. The molecule has 0 aliphatic heterocycles. The summed E-state index contributed by atoms with van der Waals surface area (Å²) < 4.78 is 20.6. The molecule has 0 saturated carbocycles. The van der Waals surface area contributed by atoms with E-state index in [1.807, 2.05) is 6.07 Å². The summed E-state index contributed by atoms with van der Waals surface area (Å²) in [7, 11) is 2.99. The van der Waals surface area contributed by atoms with Gasteiger partial charge in [0.05, 0.1) is 38.6 Å². The van der Waals surface area contributed by atoms with Gasteiger partial charge in [0.25, 0.3) is 0 Å². The highest BCUT2D eigenvalue weighted by atomic mass is 32.1. The maximum absolute atomic E-state index is 13.0. The number of allylic oxidation sites excluding steroid dienone is 1. The number of esters is 2. The van der Waals surface area contributed by atoms with Crippen molar-refractivity contribution in [3.8, 4) is 17.6 Å². The molecule has 2 aromatic rings. The summed E-state index contributed by atoms with van der Waals surface area (Å²) in [5.74, 6) is -0.750. The Bertz CT molecular complexity index is 1120. The standard InChI is InChI=1S/C24H25NO7S/c1-6-31-23(27)21-14(3)22(24(28)32-7-2)33-20(21)12-17(26)16(13-25)10-15-8-9-18(29-4)19(11-15)30-5/h8-11H,6-7,12H2,1-5H3/b16-10+. The number of carbonyl (C=O) groups is 3. The second-order valence-electron chi connectivity index (χ2n) is 6.68. The lowest BCUT2D eigenvalue weighted by Crippen LogP contribution is -2.12. The summed E-state index contributed by atoms with van der Waals surface area (Å²) in [4.78, 5) is 38.4. The molecule has 0 bridgehead atoms. The number of ether oxygens (including phenoxy) is 4. The number of hydrogen-bond acceptors (Lipinski definition) is 9. The van der Waals surface area contributed by atoms with Crippen LogP contribution in [-0.4, -0.2) is 45.2 Å². The summed E-state index contributed by atoms with van der Waals surface area (Å²) in [5.41, 5.74) is 1.00. The summed E-state index contributed by atoms with van der Waals surface area (Å²) in [6, 6.07) is 6.90. The Morgan fingerprint density at radius 1 is 1.03 bits per heavy atom. The number of thiophene rings is 1. The van der Waals surface area contributed by atoms with Crippen molar-refractivity contribution in [2.45, 2.75) is 27.2 Å². The van der Waals surface area contributed by atoms with Crippen LogP contribution < -0.4 is 9.47 Å². The molecule has 1 aromatic carbocycles. The molecule has 0 spiro atoms. The Hall–Kier alpha value is -3.64. The van der Waals surface area contributed by atoms with Gasteiger partial charge in [-0.3, -0.25) is 4.79 Å². The molecule has 0 N–H and O–H groups in total. The van der Waals surface area contributed by atoms with Gasteiger partial charge in [0.2, 0.25) is 0 Å². The van der Waals surface area contributed by atoms with E-state index in [-0.39, 0.29) is 35.6 Å². The quantitative estimate of drug-likeness (QED) is 0.289. The zero-order valence-corrected chi connectivity index (χ0v) is 20.0. The van der Waals surface area contributed by atoms with Gasteiger partial charge in [0, 0.05) is 11.3 Å². The molecule has 8 nitrogen and oxygen atoms in total. The third kappa shape index (κ3) is 5.99. The largest absolute Gasteiger partial charge is 0.493 e. The zero-order valence-electron chi connectivity index (χ0n) is 19.1. The Morgan fingerprint density at radius 3 is 2.24 bits per heavy atom. The van der Waals surface area contributed by atoms with E-state index < -0.39 is 17.7 Å². The van der Waals surface area contributed by atoms with Crippen molar-refractivity contribution < 1.29 is 33.3 Å². The summed E-state index contributed by atoms with van der Waals surface area (Å²) >= 11 is 0.993. The molecule has 0 amide bonds. The van der Waals surface area contributed by atoms with Crippen LogP contribution in [0.1, 0.15) is 49.9 Å². The topological polar surface area (TPSA) is 112 Å². The molecular weight excluding hydrogens is 446 g/mol. The van der Waals surface area contributed by atoms with Crippen LogP contribution in [0.15, 0.2) is 23.8 Å². The molecule has 0 fully saturated rings. The minimum Gasteiger partial charge on any atom is -0.493 e. The molecule has 1 aromatic heterocycles. The molecule has 0 atom stereocenters. The van der Waals surface area contributed by atoms with E-state index >= 15 is 0 Å². The molecular formula is C24H25NO7S. The Balaban J connectivity index is 2.43. The van der Waals surface area contributed by atoms with Crippen LogP contribution in [0.4, 0.5) is 0 Å². The molecule has 0 aliphatic rings. The number of carbonyl (C=O) groups excluding carboxylic acids is 3. The van der Waals surface area contributed by atoms with Gasteiger partial charge in [-0.1, -0.05) is 6.07 Å². The summed E-state index contributed by atoms with van der Waals surface area (Å²) in [5, 5.41) is 9.59. The van der Waals surface area contributed by atoms with E-state index in [0.717, 1.165) is 11.3 Å². The number of nitrogens with zero attached hydrogens (tertiary/aromatic N) is 1. The molecule has 9 heteroatoms. The van der Waals surface area contributed by atoms with Gasteiger partial charge in [-0.2, -0.15) is 5.26 Å². The fraction of sp³-hybridized carbons (Fsp3) is 0.333. The lowest BCUT2D eigenvalue weighted by molar-refractivity contribution is -0.114. The van der Waals surface area contributed by atoms with Crippen molar-refractivity contribution >= 4 is 35.1 Å². The predicted octanol–water partition coefficient (Wildman–Crippen LogP) is 4.15. The van der Waals surface area contributed by atoms with Crippen molar-refractivity contribution in [2.75, 3.05) is 27.4 Å². The molecule has 0 aliphatic carbocycles. The van der Waals surface area contributed by atoms with Gasteiger partial charge in [0.1, 0.15) is 10.9 Å². The van der Waals surface area contributed by atoms with E-state index in [2.05, 4.69) is 0 Å². The fourth-order valence-corrected chi connectivity index (χ4v) is 4.27. The average Bonchev–Trinajstić information content (AvgIpc) is 3.13. The van der Waals surface area contributed by atoms with Crippen molar-refractivity contribution in [2.24, 2.45) is 0 Å². The number of nitriles is 1. The average molecular weight is 472 g/mol. The summed E-state index contributed by atoms with van der Waals surface area (Å²) in [6.45, 7) is 5.25. The number of Topliss-reactive ketones (excluding diaryl/α,β-unsaturated/α-hetero) is 1. The first kappa shape index (κ1) is 25.6. The van der Waals surface area contributed by atoms with Crippen LogP contribution in [0.5, 0.6) is 11.5 Å². The first-order valence-electron chi connectivity index (χ1n) is 10.1. The van der Waals surface area contributed by atoms with Gasteiger partial charge in [0.15, 0.2) is 17.3 Å². The van der Waals surface area contributed by atoms with E-state index in [4.69, 9.17) is 18.9 Å². The summed E-state index contributed by atoms with van der Waals surface area (Å²) in [6.07, 6.45) is 1.19. The number of rotatable bonds is 10. The lowest BCUT2D eigenvalue weighted by atomic mass is 10.0. The molecule has 0 radical (unpaired) electrons. The van der Waals surface area contributed by atoms with Crippen molar-refractivity contribution in [1.82, 2.24) is 0 Å². The Kier molecular flexibility index (Phi) is 9.18. The highest BCUT2D eigenvalue weighted by Gasteiger charge is 2.28. The SMILES string of the molecule is CCOC(=O)c1sc(CC(=O)/C(C#N)=C/c2ccc(OC)c(OC)c2)c(C(=O)OCC)c1C. The van der Waals surface area contributed by atoms with E-state index in [1.165, 1.54) is 20.3 Å². The number of benzene rings is 1. The van der Waals surface area contributed by atoms with Crippen LogP contribution >= 0.6 is 11.3 Å². The first-order chi connectivity index (χ1) is 15.8. The number of methoxy groups -OCH3 is 2. The van der Waals surface area contributed by atoms with Gasteiger partial charge in [-0.25, -0.2) is 9.59 Å². The number of ketones is 1. The molecule has 1 heterocycles. The van der Waals surface area contributed by atoms with Gasteiger partial charge < -0.3 is 18.9 Å². The van der Waals surface area contributed by atoms with Crippen molar-refractivity contribution in [3.63, 3.8) is 0 Å². The smallest absolute Gasteiger partial charge is 0.348 e. The normalized spacial score (nSPS) is 10.8. The Morgan fingerprint density at radius 2 is 1.67 bits per heavy atom. The van der Waals surface area contributed by atoms with Gasteiger partial charge in [-0.15, -0.1) is 11.3 Å². The highest BCUT2D eigenvalue weighted by molar-refractivity contribution is 7.14. The zero-order chi connectivity index (χ0) is 24.5. The van der Waals surface area contributed by atoms with Gasteiger partial charge >= 0.3 is 11.9 Å². The number of hydrogen-bond donors (Lipinski definition) is 0. The van der Waals surface area contributed by atoms with Gasteiger partial charge in [-0.05, 0) is 50.1 Å². The predicted molar refractivity (Wildman–Crippen MR) is 123 cm³/mol.